The van der Waals surface area contributed by atoms with Crippen LogP contribution in [0.3, 0.4) is 0 Å². The van der Waals surface area contributed by atoms with Gasteiger partial charge in [0.1, 0.15) is 5.75 Å². The van der Waals surface area contributed by atoms with E-state index in [2.05, 4.69) is 4.99 Å². The third-order valence-electron chi connectivity index (χ3n) is 4.15. The molecule has 3 aromatic carbocycles. The number of carbonyl (C=O) groups is 1. The van der Waals surface area contributed by atoms with Gasteiger partial charge in [-0.3, -0.25) is 0 Å². The highest BCUT2D eigenvalue weighted by Gasteiger charge is 2.24. The van der Waals surface area contributed by atoms with E-state index in [4.69, 9.17) is 9.47 Å². The number of rotatable bonds is 4. The molecular weight excluding hydrogens is 326 g/mol. The van der Waals surface area contributed by atoms with Gasteiger partial charge < -0.3 is 9.47 Å². The van der Waals surface area contributed by atoms with Gasteiger partial charge in [0.25, 0.3) is 0 Å². The first-order valence-electron chi connectivity index (χ1n) is 8.49. The second kappa shape index (κ2) is 6.84. The fourth-order valence-corrected chi connectivity index (χ4v) is 2.96. The van der Waals surface area contributed by atoms with Crippen LogP contribution in [0.4, 0.5) is 0 Å². The van der Waals surface area contributed by atoms with Crippen LogP contribution in [0, 0.1) is 0 Å². The second-order valence-corrected chi connectivity index (χ2v) is 5.83. The second-order valence-electron chi connectivity index (χ2n) is 5.83. The van der Waals surface area contributed by atoms with E-state index in [0.717, 1.165) is 27.6 Å². The molecule has 3 aromatic rings. The molecule has 4 rings (SSSR count). The molecule has 1 heterocycles. The third kappa shape index (κ3) is 2.97. The van der Waals surface area contributed by atoms with E-state index in [1.807, 2.05) is 73.7 Å². The highest BCUT2D eigenvalue weighted by atomic mass is 16.6. The molecule has 1 aliphatic rings. The summed E-state index contributed by atoms with van der Waals surface area (Å²) in [5.41, 5.74) is 1.97. The Morgan fingerprint density at radius 2 is 1.69 bits per heavy atom. The number of nitrogens with zero attached hydrogens (tertiary/aromatic N) is 1. The average molecular weight is 343 g/mol. The SMILES string of the molecule is CCOc1ccc(/C=C2\N=C(c3ccccc3)OC2=O)c2ccccc12. The van der Waals surface area contributed by atoms with E-state index in [1.54, 1.807) is 6.08 Å². The third-order valence-corrected chi connectivity index (χ3v) is 4.15. The fourth-order valence-electron chi connectivity index (χ4n) is 2.96. The fraction of sp³-hybridized carbons (Fsp3) is 0.0909. The first kappa shape index (κ1) is 16.1. The molecule has 128 valence electrons. The van der Waals surface area contributed by atoms with Gasteiger partial charge in [-0.25, -0.2) is 9.79 Å². The Kier molecular flexibility index (Phi) is 4.23. The molecule has 0 saturated carbocycles. The average Bonchev–Trinajstić information content (AvgIpc) is 3.05. The van der Waals surface area contributed by atoms with Gasteiger partial charge in [0.05, 0.1) is 6.61 Å². The van der Waals surface area contributed by atoms with E-state index >= 15 is 0 Å². The van der Waals surface area contributed by atoms with Crippen LogP contribution >= 0.6 is 0 Å². The first-order chi connectivity index (χ1) is 12.8. The molecule has 0 amide bonds. The smallest absolute Gasteiger partial charge is 0.363 e. The van der Waals surface area contributed by atoms with Crippen molar-refractivity contribution in [3.05, 3.63) is 83.6 Å². The summed E-state index contributed by atoms with van der Waals surface area (Å²) >= 11 is 0. The lowest BCUT2D eigenvalue weighted by atomic mass is 10.0. The lowest BCUT2D eigenvalue weighted by molar-refractivity contribution is -0.129. The Bertz CT molecular complexity index is 1040. The number of carbonyl (C=O) groups excluding carboxylic acids is 1. The molecule has 0 spiro atoms. The van der Waals surface area contributed by atoms with E-state index in [1.165, 1.54) is 0 Å². The highest BCUT2D eigenvalue weighted by Crippen LogP contribution is 2.30. The number of aliphatic imine (C=N–C) groups is 1. The molecule has 0 saturated heterocycles. The van der Waals surface area contributed by atoms with E-state index < -0.39 is 5.97 Å². The Morgan fingerprint density at radius 1 is 0.962 bits per heavy atom. The standard InChI is InChI=1S/C22H17NO3/c1-2-25-20-13-12-16(17-10-6-7-11-18(17)20)14-19-22(24)26-21(23-19)15-8-4-3-5-9-15/h3-14H,2H2,1H3/b19-14-. The van der Waals surface area contributed by atoms with Gasteiger partial charge in [-0.2, -0.15) is 0 Å². The largest absolute Gasteiger partial charge is 0.493 e. The number of benzene rings is 3. The normalized spacial score (nSPS) is 15.2. The topological polar surface area (TPSA) is 47.9 Å². The number of fused-ring (bicyclic) bond motifs is 1. The quantitative estimate of drug-likeness (QED) is 0.514. The molecule has 0 radical (unpaired) electrons. The highest BCUT2D eigenvalue weighted by molar-refractivity contribution is 6.13. The maximum Gasteiger partial charge on any atom is 0.363 e. The Hall–Kier alpha value is -3.40. The summed E-state index contributed by atoms with van der Waals surface area (Å²) in [6, 6.07) is 21.2. The van der Waals surface area contributed by atoms with Gasteiger partial charge in [-0.15, -0.1) is 0 Å². The van der Waals surface area contributed by atoms with Crippen LogP contribution in [0.2, 0.25) is 0 Å². The van der Waals surface area contributed by atoms with Gasteiger partial charge >= 0.3 is 5.97 Å². The Morgan fingerprint density at radius 3 is 2.46 bits per heavy atom. The van der Waals surface area contributed by atoms with Crippen molar-refractivity contribution in [1.82, 2.24) is 0 Å². The van der Waals surface area contributed by atoms with Crippen LogP contribution in [0.5, 0.6) is 5.75 Å². The van der Waals surface area contributed by atoms with Crippen LogP contribution in [-0.4, -0.2) is 18.5 Å². The van der Waals surface area contributed by atoms with Crippen molar-refractivity contribution in [3.63, 3.8) is 0 Å². The van der Waals surface area contributed by atoms with Crippen LogP contribution in [0.15, 0.2) is 77.4 Å². The van der Waals surface area contributed by atoms with Crippen molar-refractivity contribution in [3.8, 4) is 5.75 Å². The zero-order valence-electron chi connectivity index (χ0n) is 14.3. The molecule has 26 heavy (non-hydrogen) atoms. The van der Waals surface area contributed by atoms with Gasteiger partial charge in [0.2, 0.25) is 5.90 Å². The predicted molar refractivity (Wildman–Crippen MR) is 102 cm³/mol. The summed E-state index contributed by atoms with van der Waals surface area (Å²) in [5.74, 6) is 0.714. The maximum absolute atomic E-state index is 12.2. The maximum atomic E-state index is 12.2. The van der Waals surface area contributed by atoms with Gasteiger partial charge in [0, 0.05) is 10.9 Å². The summed E-state index contributed by atoms with van der Waals surface area (Å²) in [6.45, 7) is 2.56. The molecule has 1 aliphatic heterocycles. The molecule has 0 aliphatic carbocycles. The minimum Gasteiger partial charge on any atom is -0.493 e. The number of hydrogen-bond donors (Lipinski definition) is 0. The van der Waals surface area contributed by atoms with E-state index in [0.29, 0.717) is 12.5 Å². The Balaban J connectivity index is 1.78. The molecule has 0 unspecified atom stereocenters. The molecule has 0 bridgehead atoms. The van der Waals surface area contributed by atoms with Crippen molar-refractivity contribution >= 4 is 28.7 Å². The monoisotopic (exact) mass is 343 g/mol. The molecule has 0 fully saturated rings. The van der Waals surface area contributed by atoms with E-state index in [-0.39, 0.29) is 5.70 Å². The van der Waals surface area contributed by atoms with Gasteiger partial charge in [0.15, 0.2) is 5.70 Å². The minimum atomic E-state index is -0.443. The number of esters is 1. The van der Waals surface area contributed by atoms with Crippen molar-refractivity contribution in [2.24, 2.45) is 4.99 Å². The molecule has 4 nitrogen and oxygen atoms in total. The molecule has 4 heteroatoms. The predicted octanol–water partition coefficient (Wildman–Crippen LogP) is 4.58. The Labute approximate surface area is 151 Å². The van der Waals surface area contributed by atoms with Crippen LogP contribution < -0.4 is 4.74 Å². The lowest BCUT2D eigenvalue weighted by Crippen LogP contribution is -2.04. The van der Waals surface area contributed by atoms with Crippen molar-refractivity contribution in [2.75, 3.05) is 6.61 Å². The summed E-state index contributed by atoms with van der Waals surface area (Å²) in [4.78, 5) is 16.6. The van der Waals surface area contributed by atoms with Crippen LogP contribution in [-0.2, 0) is 9.53 Å². The zero-order valence-corrected chi connectivity index (χ0v) is 14.3. The van der Waals surface area contributed by atoms with Crippen molar-refractivity contribution < 1.29 is 14.3 Å². The van der Waals surface area contributed by atoms with Crippen LogP contribution in [0.1, 0.15) is 18.1 Å². The molecular formula is C22H17NO3. The summed E-state index contributed by atoms with van der Waals surface area (Å²) in [7, 11) is 0. The number of ether oxygens (including phenoxy) is 2. The number of hydrogen-bond acceptors (Lipinski definition) is 4. The molecule has 0 aromatic heterocycles. The number of cyclic esters (lactones) is 1. The van der Waals surface area contributed by atoms with Crippen LogP contribution in [0.25, 0.3) is 16.8 Å². The minimum absolute atomic E-state index is 0.290. The molecule has 0 atom stereocenters. The van der Waals surface area contributed by atoms with Gasteiger partial charge in [-0.1, -0.05) is 48.5 Å². The molecule has 0 N–H and O–H groups in total. The van der Waals surface area contributed by atoms with Crippen molar-refractivity contribution in [2.45, 2.75) is 6.92 Å². The first-order valence-corrected chi connectivity index (χ1v) is 8.49. The summed E-state index contributed by atoms with van der Waals surface area (Å²) in [6.07, 6.45) is 1.76. The van der Waals surface area contributed by atoms with E-state index in [9.17, 15) is 4.79 Å². The zero-order chi connectivity index (χ0) is 17.9. The van der Waals surface area contributed by atoms with Gasteiger partial charge in [-0.05, 0) is 42.1 Å². The van der Waals surface area contributed by atoms with Crippen molar-refractivity contribution in [1.29, 1.82) is 0 Å². The summed E-state index contributed by atoms with van der Waals surface area (Å²) in [5, 5.41) is 2.00. The lowest BCUT2D eigenvalue weighted by Gasteiger charge is -2.09. The summed E-state index contributed by atoms with van der Waals surface area (Å²) < 4.78 is 11.0.